The van der Waals surface area contributed by atoms with E-state index in [1.165, 1.54) is 71.0 Å². The second kappa shape index (κ2) is 10.6. The average Bonchev–Trinajstić information content (AvgIpc) is 2.46. The van der Waals surface area contributed by atoms with Crippen LogP contribution in [0.5, 0.6) is 0 Å². The number of hydrogen-bond donors (Lipinski definition) is 1. The molecular formula is C18H38N2. The maximum absolute atomic E-state index is 3.74. The molecule has 0 aromatic heterocycles. The van der Waals surface area contributed by atoms with Gasteiger partial charge in [0.15, 0.2) is 0 Å². The quantitative estimate of drug-likeness (QED) is 0.596. The van der Waals surface area contributed by atoms with E-state index < -0.39 is 0 Å². The lowest BCUT2D eigenvalue weighted by molar-refractivity contribution is 0.0833. The summed E-state index contributed by atoms with van der Waals surface area (Å²) in [5.41, 5.74) is 0. The smallest absolute Gasteiger partial charge is 0.0120 e. The van der Waals surface area contributed by atoms with E-state index in [-0.39, 0.29) is 0 Å². The van der Waals surface area contributed by atoms with Crippen molar-refractivity contribution in [1.29, 1.82) is 0 Å². The van der Waals surface area contributed by atoms with Crippen molar-refractivity contribution in [2.75, 3.05) is 19.6 Å². The highest BCUT2D eigenvalue weighted by Gasteiger charge is 2.31. The fourth-order valence-electron chi connectivity index (χ4n) is 3.47. The van der Waals surface area contributed by atoms with E-state index in [1.807, 2.05) is 0 Å². The number of piperidine rings is 1. The van der Waals surface area contributed by atoms with Gasteiger partial charge in [-0.15, -0.1) is 0 Å². The topological polar surface area (TPSA) is 15.3 Å². The first kappa shape index (κ1) is 18.0. The first-order chi connectivity index (χ1) is 9.70. The van der Waals surface area contributed by atoms with Gasteiger partial charge in [0.2, 0.25) is 0 Å². The molecule has 3 atom stereocenters. The molecular weight excluding hydrogens is 244 g/mol. The molecule has 0 radical (unpaired) electrons. The zero-order chi connectivity index (χ0) is 14.8. The molecule has 0 spiro atoms. The predicted octanol–water partition coefficient (Wildman–Crippen LogP) is 4.45. The predicted molar refractivity (Wildman–Crippen MR) is 90.3 cm³/mol. The molecule has 1 aliphatic rings. The number of unbranched alkanes of at least 4 members (excludes halogenated alkanes) is 5. The van der Waals surface area contributed by atoms with E-state index in [4.69, 9.17) is 0 Å². The van der Waals surface area contributed by atoms with Gasteiger partial charge in [0.25, 0.3) is 0 Å². The van der Waals surface area contributed by atoms with Crippen LogP contribution in [-0.4, -0.2) is 36.6 Å². The second-order valence-electron chi connectivity index (χ2n) is 6.75. The van der Waals surface area contributed by atoms with Gasteiger partial charge in [-0.2, -0.15) is 0 Å². The van der Waals surface area contributed by atoms with Crippen LogP contribution in [0, 0.1) is 5.92 Å². The third-order valence-corrected chi connectivity index (χ3v) is 5.15. The van der Waals surface area contributed by atoms with Gasteiger partial charge in [-0.1, -0.05) is 52.9 Å². The largest absolute Gasteiger partial charge is 0.314 e. The molecule has 0 amide bonds. The molecule has 0 bridgehead atoms. The Bertz CT molecular complexity index is 229. The minimum atomic E-state index is 0.741. The summed E-state index contributed by atoms with van der Waals surface area (Å²) < 4.78 is 0. The van der Waals surface area contributed by atoms with Crippen molar-refractivity contribution in [3.8, 4) is 0 Å². The summed E-state index contributed by atoms with van der Waals surface area (Å²) in [6.45, 7) is 13.2. The fourth-order valence-corrected chi connectivity index (χ4v) is 3.47. The standard InChI is InChI=1S/C18H38N2/c1-5-7-8-9-10-11-14-20-15-12-18(19-13-6-2)16(3)17(20)4/h16-19H,5-15H2,1-4H3. The zero-order valence-corrected chi connectivity index (χ0v) is 14.5. The van der Waals surface area contributed by atoms with Gasteiger partial charge in [-0.05, 0) is 51.7 Å². The summed E-state index contributed by atoms with van der Waals surface area (Å²) in [7, 11) is 0. The Kier molecular flexibility index (Phi) is 9.54. The Labute approximate surface area is 127 Å². The van der Waals surface area contributed by atoms with E-state index in [1.54, 1.807) is 0 Å². The Morgan fingerprint density at radius 1 is 0.950 bits per heavy atom. The minimum Gasteiger partial charge on any atom is -0.314 e. The first-order valence-corrected chi connectivity index (χ1v) is 9.18. The third kappa shape index (κ3) is 6.13. The molecule has 2 heteroatoms. The lowest BCUT2D eigenvalue weighted by atomic mass is 9.86. The molecule has 1 rings (SSSR count). The van der Waals surface area contributed by atoms with Crippen LogP contribution in [0.2, 0.25) is 0 Å². The van der Waals surface area contributed by atoms with Crippen LogP contribution in [0.4, 0.5) is 0 Å². The number of nitrogens with zero attached hydrogens (tertiary/aromatic N) is 1. The lowest BCUT2D eigenvalue weighted by Gasteiger charge is -2.43. The van der Waals surface area contributed by atoms with Crippen LogP contribution < -0.4 is 5.32 Å². The van der Waals surface area contributed by atoms with Crippen LogP contribution in [0.3, 0.4) is 0 Å². The molecule has 1 saturated heterocycles. The summed E-state index contributed by atoms with van der Waals surface area (Å²) in [6.07, 6.45) is 11.1. The molecule has 0 aliphatic carbocycles. The van der Waals surface area contributed by atoms with Crippen LogP contribution in [0.15, 0.2) is 0 Å². The molecule has 1 N–H and O–H groups in total. The lowest BCUT2D eigenvalue weighted by Crippen LogP contribution is -2.53. The first-order valence-electron chi connectivity index (χ1n) is 9.18. The maximum atomic E-state index is 3.74. The van der Waals surface area contributed by atoms with Crippen molar-refractivity contribution >= 4 is 0 Å². The molecule has 0 aromatic carbocycles. The summed E-state index contributed by atoms with van der Waals surface area (Å²) in [5, 5.41) is 3.74. The zero-order valence-electron chi connectivity index (χ0n) is 14.5. The van der Waals surface area contributed by atoms with Gasteiger partial charge in [0, 0.05) is 12.1 Å². The van der Waals surface area contributed by atoms with E-state index >= 15 is 0 Å². The Balaban J connectivity index is 2.18. The van der Waals surface area contributed by atoms with Gasteiger partial charge in [-0.3, -0.25) is 0 Å². The minimum absolute atomic E-state index is 0.741. The molecule has 0 saturated carbocycles. The number of likely N-dealkylation sites (tertiary alicyclic amines) is 1. The number of nitrogens with one attached hydrogen (secondary N) is 1. The monoisotopic (exact) mass is 282 g/mol. The maximum Gasteiger partial charge on any atom is 0.0120 e. The van der Waals surface area contributed by atoms with E-state index in [0.717, 1.165) is 18.0 Å². The molecule has 0 aromatic rings. The highest BCUT2D eigenvalue weighted by atomic mass is 15.2. The second-order valence-corrected chi connectivity index (χ2v) is 6.75. The Morgan fingerprint density at radius 2 is 1.65 bits per heavy atom. The van der Waals surface area contributed by atoms with Crippen LogP contribution in [0.25, 0.3) is 0 Å². The van der Waals surface area contributed by atoms with Crippen molar-refractivity contribution in [2.24, 2.45) is 5.92 Å². The van der Waals surface area contributed by atoms with Crippen molar-refractivity contribution in [2.45, 2.75) is 91.1 Å². The van der Waals surface area contributed by atoms with E-state index in [0.29, 0.717) is 0 Å². The van der Waals surface area contributed by atoms with Crippen LogP contribution in [-0.2, 0) is 0 Å². The summed E-state index contributed by atoms with van der Waals surface area (Å²) in [5.74, 6) is 0.787. The van der Waals surface area contributed by atoms with Gasteiger partial charge < -0.3 is 10.2 Å². The highest BCUT2D eigenvalue weighted by Crippen LogP contribution is 2.24. The molecule has 3 unspecified atom stereocenters. The number of rotatable bonds is 10. The third-order valence-electron chi connectivity index (χ3n) is 5.15. The van der Waals surface area contributed by atoms with Gasteiger partial charge >= 0.3 is 0 Å². The molecule has 120 valence electrons. The molecule has 1 heterocycles. The van der Waals surface area contributed by atoms with Gasteiger partial charge in [0.1, 0.15) is 0 Å². The summed E-state index contributed by atoms with van der Waals surface area (Å²) >= 11 is 0. The van der Waals surface area contributed by atoms with Crippen molar-refractivity contribution in [3.05, 3.63) is 0 Å². The van der Waals surface area contributed by atoms with Crippen molar-refractivity contribution in [3.63, 3.8) is 0 Å². The molecule has 2 nitrogen and oxygen atoms in total. The summed E-state index contributed by atoms with van der Waals surface area (Å²) in [4.78, 5) is 2.73. The SMILES string of the molecule is CCCCCCCCN1CCC(NCCC)C(C)C1C. The van der Waals surface area contributed by atoms with Gasteiger partial charge in [0.05, 0.1) is 0 Å². The molecule has 1 fully saturated rings. The Morgan fingerprint density at radius 3 is 2.35 bits per heavy atom. The molecule has 1 aliphatic heterocycles. The van der Waals surface area contributed by atoms with E-state index in [9.17, 15) is 0 Å². The number of hydrogen-bond acceptors (Lipinski definition) is 2. The average molecular weight is 283 g/mol. The van der Waals surface area contributed by atoms with Crippen molar-refractivity contribution in [1.82, 2.24) is 10.2 Å². The fraction of sp³-hybridized carbons (Fsp3) is 1.00. The molecule has 20 heavy (non-hydrogen) atoms. The van der Waals surface area contributed by atoms with Crippen LogP contribution in [0.1, 0.15) is 79.1 Å². The van der Waals surface area contributed by atoms with E-state index in [2.05, 4.69) is 37.9 Å². The van der Waals surface area contributed by atoms with Gasteiger partial charge in [-0.25, -0.2) is 0 Å². The highest BCUT2D eigenvalue weighted by molar-refractivity contribution is 4.88. The van der Waals surface area contributed by atoms with Crippen molar-refractivity contribution < 1.29 is 0 Å². The Hall–Kier alpha value is -0.0800. The summed E-state index contributed by atoms with van der Waals surface area (Å²) in [6, 6.07) is 1.49. The van der Waals surface area contributed by atoms with Crippen LogP contribution >= 0.6 is 0 Å². The normalized spacial score (nSPS) is 27.9.